The lowest BCUT2D eigenvalue weighted by Crippen LogP contribution is -2.73. The van der Waals surface area contributed by atoms with Crippen LogP contribution in [0.3, 0.4) is 0 Å². The summed E-state index contributed by atoms with van der Waals surface area (Å²) < 4.78 is 0. The van der Waals surface area contributed by atoms with E-state index in [0.717, 1.165) is 22.4 Å². The van der Waals surface area contributed by atoms with Gasteiger partial charge in [-0.3, -0.25) is 15.1 Å². The first-order valence-electron chi connectivity index (χ1n) is 16.9. The average molecular weight is 685 g/mol. The Bertz CT molecular complexity index is 1820. The Balaban J connectivity index is 1.57. The maximum atomic E-state index is 14.7. The van der Waals surface area contributed by atoms with Gasteiger partial charge in [-0.25, -0.2) is 0 Å². The molecule has 256 valence electrons. The number of nitrogens with one attached hydrogen (secondary N) is 3. The smallest absolute Gasteiger partial charge is 0.256 e. The van der Waals surface area contributed by atoms with Crippen LogP contribution >= 0.6 is 11.6 Å². The van der Waals surface area contributed by atoms with Crippen LogP contribution in [-0.2, 0) is 5.54 Å². The summed E-state index contributed by atoms with van der Waals surface area (Å²) in [6.07, 6.45) is 5.73. The first-order chi connectivity index (χ1) is 24.0. The maximum Gasteiger partial charge on any atom is 0.256 e. The van der Waals surface area contributed by atoms with Crippen LogP contribution in [0.4, 0.5) is 5.69 Å². The van der Waals surface area contributed by atoms with Crippen LogP contribution in [0.2, 0.25) is 5.02 Å². The molecule has 0 spiro atoms. The Labute approximate surface area is 301 Å². The molecule has 0 saturated heterocycles. The molecule has 2 heterocycles. The summed E-state index contributed by atoms with van der Waals surface area (Å²) in [4.78, 5) is 21.4. The lowest BCUT2D eigenvalue weighted by molar-refractivity contribution is 0.0157. The van der Waals surface area contributed by atoms with Crippen molar-refractivity contribution in [3.63, 3.8) is 0 Å². The van der Waals surface area contributed by atoms with Gasteiger partial charge in [0.05, 0.1) is 16.8 Å². The third-order valence-electron chi connectivity index (χ3n) is 9.42. The largest absolute Gasteiger partial charge is 0.377 e. The number of nitrogens with zero attached hydrogens (tertiary/aromatic N) is 3. The molecule has 0 bridgehead atoms. The lowest BCUT2D eigenvalue weighted by Gasteiger charge is -2.49. The zero-order chi connectivity index (χ0) is 35.4. The second kappa shape index (κ2) is 14.5. The SMILES string of the molecule is CN(C)c1cc(Cl)ccc1C(=O)NC1(NC(c2ccccc2)(c2ccccc2)c2ccccc2)C=CNN1CC(c1ccccn1)C(C)(C)C. The molecular formula is C42H45ClN6O. The van der Waals surface area contributed by atoms with E-state index in [1.54, 1.807) is 12.1 Å². The molecule has 6 rings (SSSR count). The van der Waals surface area contributed by atoms with Crippen molar-refractivity contribution in [3.8, 4) is 0 Å². The molecule has 2 unspecified atom stereocenters. The highest BCUT2D eigenvalue weighted by Crippen LogP contribution is 2.41. The van der Waals surface area contributed by atoms with Gasteiger partial charge in [-0.05, 0) is 58.5 Å². The fourth-order valence-electron chi connectivity index (χ4n) is 6.84. The molecule has 5 aromatic rings. The number of rotatable bonds is 11. The summed E-state index contributed by atoms with van der Waals surface area (Å²) in [5.74, 6) is -1.52. The van der Waals surface area contributed by atoms with Gasteiger partial charge < -0.3 is 15.6 Å². The third-order valence-corrected chi connectivity index (χ3v) is 9.66. The lowest BCUT2D eigenvalue weighted by atomic mass is 9.76. The zero-order valence-corrected chi connectivity index (χ0v) is 30.0. The molecule has 8 heteroatoms. The number of anilines is 1. The first kappa shape index (κ1) is 34.9. The van der Waals surface area contributed by atoms with Gasteiger partial charge in [0.25, 0.3) is 5.91 Å². The zero-order valence-electron chi connectivity index (χ0n) is 29.3. The number of carbonyl (C=O) groups excluding carboxylic acids is 1. The van der Waals surface area contributed by atoms with Gasteiger partial charge in [0.2, 0.25) is 0 Å². The quantitative estimate of drug-likeness (QED) is 0.0970. The minimum Gasteiger partial charge on any atom is -0.377 e. The van der Waals surface area contributed by atoms with E-state index in [2.05, 4.69) is 121 Å². The summed E-state index contributed by atoms with van der Waals surface area (Å²) in [7, 11) is 3.82. The number of pyridine rings is 1. The van der Waals surface area contributed by atoms with Gasteiger partial charge in [-0.15, -0.1) is 0 Å². The van der Waals surface area contributed by atoms with E-state index in [9.17, 15) is 4.79 Å². The van der Waals surface area contributed by atoms with Crippen molar-refractivity contribution in [3.05, 3.63) is 179 Å². The van der Waals surface area contributed by atoms with Crippen molar-refractivity contribution in [1.82, 2.24) is 26.1 Å². The second-order valence-corrected chi connectivity index (χ2v) is 14.4. The van der Waals surface area contributed by atoms with Crippen molar-refractivity contribution < 1.29 is 4.79 Å². The Hall–Kier alpha value is -4.95. The molecule has 3 N–H and O–H groups in total. The Morgan fingerprint density at radius 3 is 1.90 bits per heavy atom. The molecule has 4 aromatic carbocycles. The highest BCUT2D eigenvalue weighted by atomic mass is 35.5. The number of aromatic nitrogens is 1. The van der Waals surface area contributed by atoms with E-state index in [-0.39, 0.29) is 17.2 Å². The van der Waals surface area contributed by atoms with Gasteiger partial charge in [-0.2, -0.15) is 5.01 Å². The Kier molecular flexibility index (Phi) is 10.1. The number of hydrazine groups is 1. The van der Waals surface area contributed by atoms with E-state index >= 15 is 0 Å². The number of hydrogen-bond acceptors (Lipinski definition) is 6. The predicted octanol–water partition coefficient (Wildman–Crippen LogP) is 7.93. The normalized spacial score (nSPS) is 16.8. The molecular weight excluding hydrogens is 640 g/mol. The van der Waals surface area contributed by atoms with Crippen molar-refractivity contribution in [2.75, 3.05) is 25.5 Å². The maximum absolute atomic E-state index is 14.7. The van der Waals surface area contributed by atoms with Gasteiger partial charge >= 0.3 is 0 Å². The minimum atomic E-state index is -1.25. The number of benzene rings is 4. The molecule has 1 amide bonds. The molecule has 7 nitrogen and oxygen atoms in total. The molecule has 1 aliphatic rings. The molecule has 0 fully saturated rings. The Morgan fingerprint density at radius 2 is 1.40 bits per heavy atom. The summed E-state index contributed by atoms with van der Waals surface area (Å²) in [5.41, 5.74) is 7.67. The van der Waals surface area contributed by atoms with Crippen molar-refractivity contribution in [2.24, 2.45) is 5.41 Å². The van der Waals surface area contributed by atoms with E-state index < -0.39 is 11.3 Å². The summed E-state index contributed by atoms with van der Waals surface area (Å²) >= 11 is 6.43. The molecule has 0 radical (unpaired) electrons. The first-order valence-corrected chi connectivity index (χ1v) is 17.3. The van der Waals surface area contributed by atoms with E-state index in [4.69, 9.17) is 16.6 Å². The minimum absolute atomic E-state index is 0.0124. The van der Waals surface area contributed by atoms with E-state index in [1.807, 2.05) is 73.9 Å². The number of halogens is 1. The monoisotopic (exact) mass is 684 g/mol. The third kappa shape index (κ3) is 7.03. The molecule has 50 heavy (non-hydrogen) atoms. The van der Waals surface area contributed by atoms with Gasteiger partial charge in [-0.1, -0.05) is 129 Å². The van der Waals surface area contributed by atoms with E-state index in [0.29, 0.717) is 22.8 Å². The number of amides is 1. The molecule has 0 aliphatic carbocycles. The van der Waals surface area contributed by atoms with Crippen LogP contribution in [0.25, 0.3) is 0 Å². The van der Waals surface area contributed by atoms with Crippen LogP contribution in [0.15, 0.2) is 146 Å². The number of carbonyl (C=O) groups is 1. The molecule has 2 atom stereocenters. The molecule has 1 aromatic heterocycles. The molecule has 1 aliphatic heterocycles. The van der Waals surface area contributed by atoms with Crippen LogP contribution < -0.4 is 21.0 Å². The van der Waals surface area contributed by atoms with Crippen molar-refractivity contribution in [1.29, 1.82) is 0 Å². The van der Waals surface area contributed by atoms with Crippen LogP contribution in [0.5, 0.6) is 0 Å². The van der Waals surface area contributed by atoms with E-state index in [1.165, 1.54) is 0 Å². The van der Waals surface area contributed by atoms with Crippen LogP contribution in [-0.4, -0.2) is 42.3 Å². The number of hydrogen-bond donors (Lipinski definition) is 3. The predicted molar refractivity (Wildman–Crippen MR) is 204 cm³/mol. The highest BCUT2D eigenvalue weighted by molar-refractivity contribution is 6.31. The average Bonchev–Trinajstić information content (AvgIpc) is 3.51. The summed E-state index contributed by atoms with van der Waals surface area (Å²) in [6, 6.07) is 42.6. The fraction of sp³-hybridized carbons (Fsp3) is 0.238. The summed E-state index contributed by atoms with van der Waals surface area (Å²) in [5, 5.41) is 10.2. The van der Waals surface area contributed by atoms with Crippen molar-refractivity contribution in [2.45, 2.75) is 38.0 Å². The Morgan fingerprint density at radius 1 is 0.840 bits per heavy atom. The summed E-state index contributed by atoms with van der Waals surface area (Å²) in [6.45, 7) is 7.19. The topological polar surface area (TPSA) is 72.5 Å². The van der Waals surface area contributed by atoms with Gasteiger partial charge in [0.15, 0.2) is 5.79 Å². The van der Waals surface area contributed by atoms with Gasteiger partial charge in [0, 0.05) is 49.7 Å². The second-order valence-electron chi connectivity index (χ2n) is 14.0. The van der Waals surface area contributed by atoms with Gasteiger partial charge in [0.1, 0.15) is 0 Å². The highest BCUT2D eigenvalue weighted by Gasteiger charge is 2.50. The fourth-order valence-corrected chi connectivity index (χ4v) is 7.00. The van der Waals surface area contributed by atoms with Crippen molar-refractivity contribution >= 4 is 23.2 Å². The molecule has 0 saturated carbocycles. The van der Waals surface area contributed by atoms with Crippen LogP contribution in [0.1, 0.15) is 59.4 Å². The van der Waals surface area contributed by atoms with Crippen LogP contribution in [0, 0.1) is 5.41 Å². The standard InChI is InChI=1S/C42H45ClN6O/c1-40(2,3)36(37-23-15-16-27-44-37)30-49-41(26-28-45-49,46-39(50)35-25-24-34(43)29-38(35)48(4)5)47-42(31-17-9-6-10-18-31,32-19-11-7-12-20-32)33-21-13-8-14-22-33/h6-29,36,45,47H,30H2,1-5H3,(H,46,50).